The minimum Gasteiger partial charge on any atom is -0.466 e. The molecule has 0 aromatic carbocycles. The van der Waals surface area contributed by atoms with Crippen molar-refractivity contribution in [2.24, 2.45) is 0 Å². The standard InChI is InChI=1S/C9H6ClF4NO3/c1-17-8(16)5-4(10)2-15-7(6(5)11)18-3-9(12,13)14/h2H,3H2,1H3. The predicted octanol–water partition coefficient (Wildman–Crippen LogP) is 2.60. The summed E-state index contributed by atoms with van der Waals surface area (Å²) in [4.78, 5) is 14.4. The quantitative estimate of drug-likeness (QED) is 0.633. The van der Waals surface area contributed by atoms with Crippen molar-refractivity contribution >= 4 is 17.6 Å². The summed E-state index contributed by atoms with van der Waals surface area (Å²) in [5.74, 6) is -3.52. The zero-order valence-corrected chi connectivity index (χ0v) is 9.60. The Morgan fingerprint density at radius 2 is 2.11 bits per heavy atom. The van der Waals surface area contributed by atoms with E-state index in [9.17, 15) is 22.4 Å². The maximum Gasteiger partial charge on any atom is 0.422 e. The van der Waals surface area contributed by atoms with Gasteiger partial charge in [-0.05, 0) is 0 Å². The molecule has 0 bridgehead atoms. The number of hydrogen-bond acceptors (Lipinski definition) is 4. The molecule has 100 valence electrons. The van der Waals surface area contributed by atoms with E-state index in [1.165, 1.54) is 0 Å². The summed E-state index contributed by atoms with van der Waals surface area (Å²) >= 11 is 5.48. The van der Waals surface area contributed by atoms with E-state index in [0.717, 1.165) is 13.3 Å². The second-order valence-corrected chi connectivity index (χ2v) is 3.40. The lowest BCUT2D eigenvalue weighted by Crippen LogP contribution is -2.20. The monoisotopic (exact) mass is 287 g/mol. The fraction of sp³-hybridized carbons (Fsp3) is 0.333. The van der Waals surface area contributed by atoms with Crippen LogP contribution >= 0.6 is 11.6 Å². The third kappa shape index (κ3) is 3.46. The van der Waals surface area contributed by atoms with E-state index in [4.69, 9.17) is 11.6 Å². The van der Waals surface area contributed by atoms with Gasteiger partial charge in [-0.3, -0.25) is 0 Å². The number of carbonyl (C=O) groups excluding carboxylic acids is 1. The summed E-state index contributed by atoms with van der Waals surface area (Å²) in [5, 5.41) is -0.390. The van der Waals surface area contributed by atoms with Crippen molar-refractivity contribution in [1.29, 1.82) is 0 Å². The minimum atomic E-state index is -4.65. The Balaban J connectivity index is 3.05. The molecule has 1 aromatic rings. The van der Waals surface area contributed by atoms with Gasteiger partial charge in [-0.25, -0.2) is 9.78 Å². The van der Waals surface area contributed by atoms with Gasteiger partial charge >= 0.3 is 12.1 Å². The first-order valence-corrected chi connectivity index (χ1v) is 4.76. The summed E-state index contributed by atoms with van der Waals surface area (Å²) in [5.41, 5.74) is -0.730. The highest BCUT2D eigenvalue weighted by atomic mass is 35.5. The number of carbonyl (C=O) groups is 1. The molecule has 1 aromatic heterocycles. The summed E-state index contributed by atoms with van der Waals surface area (Å²) in [6.07, 6.45) is -3.86. The van der Waals surface area contributed by atoms with Crippen molar-refractivity contribution in [3.63, 3.8) is 0 Å². The number of nitrogens with zero attached hydrogens (tertiary/aromatic N) is 1. The van der Waals surface area contributed by atoms with Crippen LogP contribution in [0, 0.1) is 5.82 Å². The number of hydrogen-bond donors (Lipinski definition) is 0. The second-order valence-electron chi connectivity index (χ2n) is 3.00. The maximum atomic E-state index is 13.6. The fourth-order valence-corrected chi connectivity index (χ4v) is 1.20. The average Bonchev–Trinajstić information content (AvgIpc) is 2.26. The molecule has 9 heteroatoms. The van der Waals surface area contributed by atoms with Crippen LogP contribution in [0.25, 0.3) is 0 Å². The van der Waals surface area contributed by atoms with Crippen molar-refractivity contribution < 1.29 is 31.8 Å². The smallest absolute Gasteiger partial charge is 0.422 e. The summed E-state index contributed by atoms with van der Waals surface area (Å²) in [6, 6.07) is 0. The molecule has 0 N–H and O–H groups in total. The van der Waals surface area contributed by atoms with E-state index in [1.54, 1.807) is 0 Å². The Morgan fingerprint density at radius 1 is 1.50 bits per heavy atom. The van der Waals surface area contributed by atoms with Gasteiger partial charge in [0.25, 0.3) is 5.88 Å². The molecule has 0 fully saturated rings. The van der Waals surface area contributed by atoms with Crippen molar-refractivity contribution in [3.05, 3.63) is 22.6 Å². The average molecular weight is 288 g/mol. The zero-order valence-electron chi connectivity index (χ0n) is 8.85. The van der Waals surface area contributed by atoms with Gasteiger partial charge < -0.3 is 9.47 Å². The van der Waals surface area contributed by atoms with Gasteiger partial charge in [0.05, 0.1) is 18.3 Å². The number of aromatic nitrogens is 1. The summed E-state index contributed by atoms with van der Waals surface area (Å²) in [7, 11) is 0.967. The van der Waals surface area contributed by atoms with E-state index in [1.807, 2.05) is 0 Å². The molecule has 0 spiro atoms. The Kier molecular flexibility index (Phi) is 4.33. The molecule has 4 nitrogen and oxygen atoms in total. The lowest BCUT2D eigenvalue weighted by atomic mass is 10.2. The van der Waals surface area contributed by atoms with E-state index in [0.29, 0.717) is 0 Å². The van der Waals surface area contributed by atoms with Crippen molar-refractivity contribution in [1.82, 2.24) is 4.98 Å². The van der Waals surface area contributed by atoms with Crippen LogP contribution in [-0.2, 0) is 4.74 Å². The molecule has 1 rings (SSSR count). The molecule has 0 amide bonds. The molecule has 0 aliphatic carbocycles. The van der Waals surface area contributed by atoms with Crippen molar-refractivity contribution in [2.45, 2.75) is 6.18 Å². The molecular formula is C9H6ClF4NO3. The number of rotatable bonds is 3. The van der Waals surface area contributed by atoms with Gasteiger partial charge in [0.2, 0.25) is 5.82 Å². The van der Waals surface area contributed by atoms with Gasteiger partial charge in [-0.1, -0.05) is 11.6 Å². The predicted molar refractivity (Wildman–Crippen MR) is 52.1 cm³/mol. The summed E-state index contributed by atoms with van der Waals surface area (Å²) in [6.45, 7) is -1.74. The third-order valence-electron chi connectivity index (χ3n) is 1.70. The first kappa shape index (κ1) is 14.5. The van der Waals surface area contributed by atoms with Gasteiger partial charge in [0, 0.05) is 0 Å². The van der Waals surface area contributed by atoms with Crippen LogP contribution in [0.4, 0.5) is 17.6 Å². The molecule has 0 saturated heterocycles. The van der Waals surface area contributed by atoms with Gasteiger partial charge in [0.1, 0.15) is 5.56 Å². The minimum absolute atomic E-state index is 0.390. The Morgan fingerprint density at radius 3 is 2.61 bits per heavy atom. The molecule has 0 aliphatic heterocycles. The maximum absolute atomic E-state index is 13.6. The molecule has 18 heavy (non-hydrogen) atoms. The highest BCUT2D eigenvalue weighted by molar-refractivity contribution is 6.33. The highest BCUT2D eigenvalue weighted by Gasteiger charge is 2.30. The molecule has 0 atom stereocenters. The van der Waals surface area contributed by atoms with Crippen LogP contribution in [0.5, 0.6) is 5.88 Å². The number of ether oxygens (including phenoxy) is 2. The number of halogens is 5. The molecule has 0 aliphatic rings. The van der Waals surface area contributed by atoms with Crippen LogP contribution in [0.1, 0.15) is 10.4 Å². The molecular weight excluding hydrogens is 282 g/mol. The number of pyridine rings is 1. The third-order valence-corrected chi connectivity index (χ3v) is 1.99. The van der Waals surface area contributed by atoms with E-state index < -0.39 is 41.0 Å². The molecule has 0 saturated carbocycles. The van der Waals surface area contributed by atoms with E-state index in [2.05, 4.69) is 14.5 Å². The normalized spacial score (nSPS) is 11.2. The fourth-order valence-electron chi connectivity index (χ4n) is 0.988. The first-order valence-electron chi connectivity index (χ1n) is 4.38. The first-order chi connectivity index (χ1) is 8.26. The lowest BCUT2D eigenvalue weighted by Gasteiger charge is -2.11. The van der Waals surface area contributed by atoms with Gasteiger partial charge in [-0.15, -0.1) is 0 Å². The summed E-state index contributed by atoms with van der Waals surface area (Å²) < 4.78 is 57.6. The van der Waals surface area contributed by atoms with Crippen LogP contribution in [0.2, 0.25) is 5.02 Å². The van der Waals surface area contributed by atoms with Gasteiger partial charge in [-0.2, -0.15) is 17.6 Å². The Labute approximate surface area is 103 Å². The second kappa shape index (κ2) is 5.38. The van der Waals surface area contributed by atoms with E-state index >= 15 is 0 Å². The number of esters is 1. The topological polar surface area (TPSA) is 48.4 Å². The number of alkyl halides is 3. The Hall–Kier alpha value is -1.57. The largest absolute Gasteiger partial charge is 0.466 e. The van der Waals surface area contributed by atoms with Crippen LogP contribution in [0.3, 0.4) is 0 Å². The van der Waals surface area contributed by atoms with Crippen LogP contribution in [-0.4, -0.2) is 30.8 Å². The van der Waals surface area contributed by atoms with Crippen molar-refractivity contribution in [2.75, 3.05) is 13.7 Å². The molecule has 1 heterocycles. The molecule has 0 unspecified atom stereocenters. The lowest BCUT2D eigenvalue weighted by molar-refractivity contribution is -0.154. The molecule has 0 radical (unpaired) electrons. The van der Waals surface area contributed by atoms with E-state index in [-0.39, 0.29) is 0 Å². The Bertz CT molecular complexity index is 464. The van der Waals surface area contributed by atoms with Crippen molar-refractivity contribution in [3.8, 4) is 5.88 Å². The van der Waals surface area contributed by atoms with Crippen LogP contribution < -0.4 is 4.74 Å². The van der Waals surface area contributed by atoms with Crippen LogP contribution in [0.15, 0.2) is 6.20 Å². The number of methoxy groups -OCH3 is 1. The SMILES string of the molecule is COC(=O)c1c(Cl)cnc(OCC(F)(F)F)c1F. The van der Waals surface area contributed by atoms with Gasteiger partial charge in [0.15, 0.2) is 6.61 Å². The highest BCUT2D eigenvalue weighted by Crippen LogP contribution is 2.26. The zero-order chi connectivity index (χ0) is 13.9.